The van der Waals surface area contributed by atoms with Crippen molar-refractivity contribution in [3.63, 3.8) is 0 Å². The van der Waals surface area contributed by atoms with Crippen LogP contribution in [-0.2, 0) is 9.59 Å². The zero-order valence-electron chi connectivity index (χ0n) is 16.3. The molecule has 0 bridgehead atoms. The molecule has 1 aromatic carbocycles. The lowest BCUT2D eigenvalue weighted by Gasteiger charge is -2.27. The summed E-state index contributed by atoms with van der Waals surface area (Å²) in [5.41, 5.74) is 0.187. The van der Waals surface area contributed by atoms with E-state index in [-0.39, 0.29) is 18.2 Å². The lowest BCUT2D eigenvalue weighted by molar-refractivity contribution is -0.152. The molecule has 2 rings (SSSR count). The number of amides is 2. The van der Waals surface area contributed by atoms with Gasteiger partial charge in [-0.05, 0) is 51.0 Å². The molecule has 6 heteroatoms. The van der Waals surface area contributed by atoms with Crippen LogP contribution < -0.4 is 5.32 Å². The van der Waals surface area contributed by atoms with Crippen LogP contribution in [0.25, 0.3) is 0 Å². The summed E-state index contributed by atoms with van der Waals surface area (Å²) in [6.45, 7) is 5.15. The van der Waals surface area contributed by atoms with E-state index in [4.69, 9.17) is 0 Å². The van der Waals surface area contributed by atoms with Crippen molar-refractivity contribution < 1.29 is 19.5 Å². The molecule has 2 amide bonds. The molecule has 0 aliphatic heterocycles. The van der Waals surface area contributed by atoms with Gasteiger partial charge in [0.1, 0.15) is 0 Å². The van der Waals surface area contributed by atoms with E-state index >= 15 is 0 Å². The number of benzene rings is 1. The molecule has 27 heavy (non-hydrogen) atoms. The van der Waals surface area contributed by atoms with Crippen LogP contribution in [0.3, 0.4) is 0 Å². The Hall–Kier alpha value is -2.37. The van der Waals surface area contributed by atoms with Gasteiger partial charge in [0.2, 0.25) is 5.91 Å². The number of hydrogen-bond donors (Lipinski definition) is 2. The van der Waals surface area contributed by atoms with Crippen molar-refractivity contribution in [2.24, 2.45) is 5.41 Å². The number of carboxylic acid groups (broad SMARTS) is 1. The van der Waals surface area contributed by atoms with E-state index in [0.717, 1.165) is 25.7 Å². The number of nitrogens with zero attached hydrogens (tertiary/aromatic N) is 1. The van der Waals surface area contributed by atoms with Gasteiger partial charge in [-0.25, -0.2) is 0 Å². The number of carbonyl (C=O) groups excluding carboxylic acids is 2. The standard InChI is InChI=1S/C21H30N2O4/c1-3-23(4-2)19(25)16-9-11-17(12-10-16)22-18(24)15-21(20(26)27)13-7-5-6-8-14-21/h9-12H,3-8,13-15H2,1-2H3,(H,22,24)(H,26,27). The molecule has 0 atom stereocenters. The monoisotopic (exact) mass is 374 g/mol. The number of aliphatic carboxylic acids is 1. The predicted molar refractivity (Wildman–Crippen MR) is 105 cm³/mol. The topological polar surface area (TPSA) is 86.7 Å². The van der Waals surface area contributed by atoms with Crippen LogP contribution in [0.2, 0.25) is 0 Å². The van der Waals surface area contributed by atoms with Crippen LogP contribution >= 0.6 is 0 Å². The quantitative estimate of drug-likeness (QED) is 0.708. The van der Waals surface area contributed by atoms with Gasteiger partial charge in [0.15, 0.2) is 0 Å². The third-order valence-corrected chi connectivity index (χ3v) is 5.48. The minimum Gasteiger partial charge on any atom is -0.481 e. The van der Waals surface area contributed by atoms with Crippen molar-refractivity contribution in [1.29, 1.82) is 0 Å². The fraction of sp³-hybridized carbons (Fsp3) is 0.571. The molecule has 148 valence electrons. The van der Waals surface area contributed by atoms with E-state index in [1.807, 2.05) is 13.8 Å². The number of carbonyl (C=O) groups is 3. The van der Waals surface area contributed by atoms with Gasteiger partial charge < -0.3 is 15.3 Å². The molecule has 1 aromatic rings. The van der Waals surface area contributed by atoms with Gasteiger partial charge in [-0.1, -0.05) is 25.7 Å². The van der Waals surface area contributed by atoms with Gasteiger partial charge >= 0.3 is 5.97 Å². The Morgan fingerprint density at radius 2 is 1.56 bits per heavy atom. The first-order valence-electron chi connectivity index (χ1n) is 9.84. The molecule has 0 spiro atoms. The maximum Gasteiger partial charge on any atom is 0.310 e. The van der Waals surface area contributed by atoms with Crippen molar-refractivity contribution in [3.8, 4) is 0 Å². The number of anilines is 1. The van der Waals surface area contributed by atoms with E-state index in [9.17, 15) is 19.5 Å². The Kier molecular flexibility index (Phi) is 7.39. The summed E-state index contributed by atoms with van der Waals surface area (Å²) in [6, 6.07) is 6.76. The molecular weight excluding hydrogens is 344 g/mol. The zero-order valence-corrected chi connectivity index (χ0v) is 16.3. The van der Waals surface area contributed by atoms with Crippen molar-refractivity contribution in [2.45, 2.75) is 58.8 Å². The molecule has 0 unspecified atom stereocenters. The van der Waals surface area contributed by atoms with Gasteiger partial charge in [-0.3, -0.25) is 14.4 Å². The summed E-state index contributed by atoms with van der Waals surface area (Å²) < 4.78 is 0. The van der Waals surface area contributed by atoms with Crippen molar-refractivity contribution in [2.75, 3.05) is 18.4 Å². The number of nitrogens with one attached hydrogen (secondary N) is 1. The van der Waals surface area contributed by atoms with Gasteiger partial charge in [0.05, 0.1) is 5.41 Å². The average Bonchev–Trinajstić information content (AvgIpc) is 2.89. The highest BCUT2D eigenvalue weighted by Gasteiger charge is 2.40. The first-order chi connectivity index (χ1) is 12.9. The lowest BCUT2D eigenvalue weighted by atomic mass is 9.77. The maximum absolute atomic E-state index is 12.5. The fourth-order valence-electron chi connectivity index (χ4n) is 3.77. The number of carboxylic acids is 1. The van der Waals surface area contributed by atoms with Crippen LogP contribution in [0.5, 0.6) is 0 Å². The Labute approximate surface area is 160 Å². The number of rotatable bonds is 7. The SMILES string of the molecule is CCN(CC)C(=O)c1ccc(NC(=O)CC2(C(=O)O)CCCCCC2)cc1. The van der Waals surface area contributed by atoms with Gasteiger partial charge in [0.25, 0.3) is 5.91 Å². The van der Waals surface area contributed by atoms with Gasteiger partial charge in [-0.2, -0.15) is 0 Å². The van der Waals surface area contributed by atoms with Crippen molar-refractivity contribution >= 4 is 23.5 Å². The first kappa shape index (κ1) is 20.9. The normalized spacial score (nSPS) is 16.2. The van der Waals surface area contributed by atoms with E-state index in [1.165, 1.54) is 0 Å². The highest BCUT2D eigenvalue weighted by atomic mass is 16.4. The van der Waals surface area contributed by atoms with Crippen LogP contribution in [0, 0.1) is 5.41 Å². The Balaban J connectivity index is 2.02. The second-order valence-corrected chi connectivity index (χ2v) is 7.28. The molecule has 2 N–H and O–H groups in total. The molecule has 1 aliphatic rings. The highest BCUT2D eigenvalue weighted by molar-refractivity contribution is 5.96. The Bertz CT molecular complexity index is 657. The largest absolute Gasteiger partial charge is 0.481 e. The summed E-state index contributed by atoms with van der Waals surface area (Å²) in [4.78, 5) is 38.4. The van der Waals surface area contributed by atoms with E-state index in [1.54, 1.807) is 29.2 Å². The van der Waals surface area contributed by atoms with Crippen LogP contribution in [0.15, 0.2) is 24.3 Å². The summed E-state index contributed by atoms with van der Waals surface area (Å²) in [7, 11) is 0. The predicted octanol–water partition coefficient (Wildman–Crippen LogP) is 3.92. The fourth-order valence-corrected chi connectivity index (χ4v) is 3.77. The van der Waals surface area contributed by atoms with Gasteiger partial charge in [0, 0.05) is 30.8 Å². The number of hydrogen-bond acceptors (Lipinski definition) is 3. The van der Waals surface area contributed by atoms with Crippen LogP contribution in [-0.4, -0.2) is 40.9 Å². The smallest absolute Gasteiger partial charge is 0.310 e. The molecule has 1 aliphatic carbocycles. The minimum absolute atomic E-state index is 0.0114. The highest BCUT2D eigenvalue weighted by Crippen LogP contribution is 2.38. The van der Waals surface area contributed by atoms with E-state index < -0.39 is 11.4 Å². The second kappa shape index (κ2) is 9.53. The molecule has 0 heterocycles. The summed E-state index contributed by atoms with van der Waals surface area (Å²) in [5.74, 6) is -1.21. The summed E-state index contributed by atoms with van der Waals surface area (Å²) in [5, 5.41) is 12.5. The zero-order chi connectivity index (χ0) is 19.9. The molecule has 0 radical (unpaired) electrons. The summed E-state index contributed by atoms with van der Waals surface area (Å²) in [6.07, 6.45) is 4.84. The van der Waals surface area contributed by atoms with Crippen LogP contribution in [0.4, 0.5) is 5.69 Å². The first-order valence-corrected chi connectivity index (χ1v) is 9.84. The lowest BCUT2D eigenvalue weighted by Crippen LogP contribution is -2.35. The van der Waals surface area contributed by atoms with Crippen molar-refractivity contribution in [1.82, 2.24) is 4.90 Å². The molecule has 6 nitrogen and oxygen atoms in total. The third-order valence-electron chi connectivity index (χ3n) is 5.48. The molecule has 0 aromatic heterocycles. The van der Waals surface area contributed by atoms with E-state index in [2.05, 4.69) is 5.32 Å². The van der Waals surface area contributed by atoms with Crippen molar-refractivity contribution in [3.05, 3.63) is 29.8 Å². The minimum atomic E-state index is -0.959. The maximum atomic E-state index is 12.5. The Morgan fingerprint density at radius 3 is 2.04 bits per heavy atom. The molecule has 0 saturated heterocycles. The average molecular weight is 374 g/mol. The second-order valence-electron chi connectivity index (χ2n) is 7.28. The third kappa shape index (κ3) is 5.31. The molecule has 1 saturated carbocycles. The summed E-state index contributed by atoms with van der Waals surface area (Å²) >= 11 is 0. The van der Waals surface area contributed by atoms with E-state index in [0.29, 0.717) is 37.2 Å². The molecule has 1 fully saturated rings. The van der Waals surface area contributed by atoms with Gasteiger partial charge in [-0.15, -0.1) is 0 Å². The molecular formula is C21H30N2O4. The Morgan fingerprint density at radius 1 is 1.00 bits per heavy atom. The van der Waals surface area contributed by atoms with Crippen LogP contribution in [0.1, 0.15) is 69.2 Å².